The van der Waals surface area contributed by atoms with Crippen LogP contribution in [0.2, 0.25) is 0 Å². The van der Waals surface area contributed by atoms with Crippen molar-refractivity contribution in [1.82, 2.24) is 10.2 Å². The third-order valence-electron chi connectivity index (χ3n) is 5.45. The molecule has 3 aliphatic heterocycles. The first-order valence-corrected chi connectivity index (χ1v) is 9.34. The van der Waals surface area contributed by atoms with Crippen LogP contribution in [0.5, 0.6) is 5.75 Å². The molecule has 3 heterocycles. The Balaban J connectivity index is 1.53. The van der Waals surface area contributed by atoms with Gasteiger partial charge in [0.05, 0.1) is 12.6 Å². The van der Waals surface area contributed by atoms with E-state index in [0.29, 0.717) is 12.1 Å². The summed E-state index contributed by atoms with van der Waals surface area (Å²) in [5.74, 6) is 1.03. The summed E-state index contributed by atoms with van der Waals surface area (Å²) >= 11 is 0. The maximum atomic E-state index is 6.36. The zero-order valence-corrected chi connectivity index (χ0v) is 14.6. The van der Waals surface area contributed by atoms with Crippen LogP contribution in [0.25, 0.3) is 0 Å². The van der Waals surface area contributed by atoms with Gasteiger partial charge in [0.15, 0.2) is 0 Å². The Kier molecular flexibility index (Phi) is 4.92. The van der Waals surface area contributed by atoms with Gasteiger partial charge in [0.25, 0.3) is 0 Å². The predicted octanol–water partition coefficient (Wildman–Crippen LogP) is 2.01. The van der Waals surface area contributed by atoms with Crippen LogP contribution in [0.1, 0.15) is 30.4 Å². The molecular weight excluding hydrogens is 302 g/mol. The van der Waals surface area contributed by atoms with Crippen LogP contribution in [-0.4, -0.2) is 56.9 Å². The predicted molar refractivity (Wildman–Crippen MR) is 95.8 cm³/mol. The molecule has 132 valence electrons. The number of benzene rings is 1. The number of likely N-dealkylation sites (tertiary alicyclic amines) is 1. The highest BCUT2D eigenvalue weighted by Gasteiger charge is 2.22. The lowest BCUT2D eigenvalue weighted by atomic mass is 9.98. The highest BCUT2D eigenvalue weighted by atomic mass is 16.5. The first kappa shape index (κ1) is 16.2. The Morgan fingerprint density at radius 1 is 1.25 bits per heavy atom. The van der Waals surface area contributed by atoms with Crippen molar-refractivity contribution in [2.75, 3.05) is 45.2 Å². The van der Waals surface area contributed by atoms with Gasteiger partial charge in [-0.25, -0.2) is 0 Å². The fourth-order valence-corrected chi connectivity index (χ4v) is 3.93. The number of nitrogens with one attached hydrogen (secondary N) is 2. The smallest absolute Gasteiger partial charge is 0.122 e. The van der Waals surface area contributed by atoms with Gasteiger partial charge in [-0.3, -0.25) is 0 Å². The molecule has 0 amide bonds. The van der Waals surface area contributed by atoms with Gasteiger partial charge in [0.2, 0.25) is 0 Å². The molecule has 1 atom stereocenters. The molecule has 2 fully saturated rings. The molecule has 2 saturated heterocycles. The summed E-state index contributed by atoms with van der Waals surface area (Å²) < 4.78 is 11.9. The second-order valence-corrected chi connectivity index (χ2v) is 7.36. The van der Waals surface area contributed by atoms with Gasteiger partial charge in [0.1, 0.15) is 11.9 Å². The Labute approximate surface area is 144 Å². The number of piperidine rings is 1. The Bertz CT molecular complexity index is 564. The van der Waals surface area contributed by atoms with E-state index in [4.69, 9.17) is 9.47 Å². The molecule has 0 aromatic heterocycles. The summed E-state index contributed by atoms with van der Waals surface area (Å²) in [7, 11) is 2.19. The van der Waals surface area contributed by atoms with E-state index in [9.17, 15) is 0 Å². The largest absolute Gasteiger partial charge is 0.490 e. The van der Waals surface area contributed by atoms with E-state index in [-0.39, 0.29) is 0 Å². The van der Waals surface area contributed by atoms with E-state index in [2.05, 4.69) is 34.7 Å². The maximum absolute atomic E-state index is 6.36. The van der Waals surface area contributed by atoms with E-state index in [1.165, 1.54) is 16.8 Å². The monoisotopic (exact) mass is 331 g/mol. The van der Waals surface area contributed by atoms with Crippen molar-refractivity contribution >= 4 is 5.69 Å². The lowest BCUT2D eigenvalue weighted by Crippen LogP contribution is -2.35. The molecule has 5 heteroatoms. The van der Waals surface area contributed by atoms with Gasteiger partial charge in [-0.1, -0.05) is 0 Å². The van der Waals surface area contributed by atoms with E-state index in [1.807, 2.05) is 0 Å². The molecule has 0 radical (unpaired) electrons. The first-order valence-electron chi connectivity index (χ1n) is 9.34. The lowest BCUT2D eigenvalue weighted by molar-refractivity contribution is 0.114. The summed E-state index contributed by atoms with van der Waals surface area (Å²) in [5.41, 5.74) is 4.07. The van der Waals surface area contributed by atoms with Gasteiger partial charge >= 0.3 is 0 Å². The number of nitrogens with zero attached hydrogens (tertiary/aromatic N) is 1. The molecule has 1 aromatic carbocycles. The van der Waals surface area contributed by atoms with E-state index in [1.54, 1.807) is 0 Å². The van der Waals surface area contributed by atoms with E-state index < -0.39 is 0 Å². The van der Waals surface area contributed by atoms with Gasteiger partial charge in [-0.15, -0.1) is 0 Å². The average molecular weight is 331 g/mol. The molecule has 3 aliphatic rings. The zero-order valence-electron chi connectivity index (χ0n) is 14.6. The van der Waals surface area contributed by atoms with Gasteiger partial charge in [-0.05, 0) is 56.5 Å². The highest BCUT2D eigenvalue weighted by Crippen LogP contribution is 2.32. The normalized spacial score (nSPS) is 25.5. The summed E-state index contributed by atoms with van der Waals surface area (Å²) in [6, 6.07) is 4.91. The maximum Gasteiger partial charge on any atom is 0.122 e. The number of hydrogen-bond acceptors (Lipinski definition) is 5. The Hall–Kier alpha value is -1.30. The molecular formula is C19H29N3O2. The summed E-state index contributed by atoms with van der Waals surface area (Å²) in [4.78, 5) is 2.38. The molecule has 0 bridgehead atoms. The van der Waals surface area contributed by atoms with Gasteiger partial charge < -0.3 is 25.0 Å². The van der Waals surface area contributed by atoms with Crippen molar-refractivity contribution in [2.45, 2.75) is 44.4 Å². The number of hydrogen-bond donors (Lipinski definition) is 2. The lowest BCUT2D eigenvalue weighted by Gasteiger charge is -2.30. The second kappa shape index (κ2) is 7.30. The molecule has 0 unspecified atom stereocenters. The van der Waals surface area contributed by atoms with Crippen molar-refractivity contribution in [1.29, 1.82) is 0 Å². The summed E-state index contributed by atoms with van der Waals surface area (Å²) in [6.07, 6.45) is 4.75. The number of anilines is 1. The first-order chi connectivity index (χ1) is 11.8. The van der Waals surface area contributed by atoms with Crippen LogP contribution in [0.15, 0.2) is 12.1 Å². The van der Waals surface area contributed by atoms with Crippen molar-refractivity contribution in [3.63, 3.8) is 0 Å². The van der Waals surface area contributed by atoms with Crippen molar-refractivity contribution < 1.29 is 9.47 Å². The van der Waals surface area contributed by atoms with Gasteiger partial charge in [-0.2, -0.15) is 0 Å². The molecule has 0 saturated carbocycles. The zero-order chi connectivity index (χ0) is 16.4. The van der Waals surface area contributed by atoms with Crippen molar-refractivity contribution in [2.24, 2.45) is 0 Å². The second-order valence-electron chi connectivity index (χ2n) is 7.36. The standard InChI is InChI=1S/C19H29N3O2/c1-22-7-3-16(4-8-22)24-17-10-14-2-6-20-12-18(14)19(11-17)21-15-5-9-23-13-15/h10-11,15-16,20-21H,2-9,12-13H2,1H3/t15-/m0/s1. The molecule has 2 N–H and O–H groups in total. The van der Waals surface area contributed by atoms with Crippen LogP contribution in [0.3, 0.4) is 0 Å². The number of rotatable bonds is 4. The third kappa shape index (κ3) is 3.68. The minimum atomic E-state index is 0.351. The fourth-order valence-electron chi connectivity index (χ4n) is 3.93. The summed E-state index contributed by atoms with van der Waals surface area (Å²) in [6.45, 7) is 5.93. The van der Waals surface area contributed by atoms with Crippen LogP contribution >= 0.6 is 0 Å². The molecule has 24 heavy (non-hydrogen) atoms. The fraction of sp³-hybridized carbons (Fsp3) is 0.684. The van der Waals surface area contributed by atoms with Crippen molar-refractivity contribution in [3.8, 4) is 5.75 Å². The molecule has 5 nitrogen and oxygen atoms in total. The number of fused-ring (bicyclic) bond motifs is 1. The van der Waals surface area contributed by atoms with Crippen LogP contribution in [-0.2, 0) is 17.7 Å². The van der Waals surface area contributed by atoms with E-state index >= 15 is 0 Å². The highest BCUT2D eigenvalue weighted by molar-refractivity contribution is 5.60. The topological polar surface area (TPSA) is 45.8 Å². The van der Waals surface area contributed by atoms with Crippen LogP contribution in [0.4, 0.5) is 5.69 Å². The molecule has 0 aliphatic carbocycles. The molecule has 4 rings (SSSR count). The quantitative estimate of drug-likeness (QED) is 0.884. The third-order valence-corrected chi connectivity index (χ3v) is 5.45. The molecule has 0 spiro atoms. The minimum Gasteiger partial charge on any atom is -0.490 e. The van der Waals surface area contributed by atoms with Crippen LogP contribution < -0.4 is 15.4 Å². The number of ether oxygens (including phenoxy) is 2. The van der Waals surface area contributed by atoms with E-state index in [0.717, 1.165) is 70.8 Å². The molecule has 1 aromatic rings. The van der Waals surface area contributed by atoms with Crippen molar-refractivity contribution in [3.05, 3.63) is 23.3 Å². The average Bonchev–Trinajstić information content (AvgIpc) is 3.10. The SMILES string of the molecule is CN1CCC(Oc2cc3c(c(N[C@H]4CCOC4)c2)CNCC3)CC1. The Morgan fingerprint density at radius 3 is 2.92 bits per heavy atom. The summed E-state index contributed by atoms with van der Waals surface area (Å²) in [5, 5.41) is 7.19. The minimum absolute atomic E-state index is 0.351. The Morgan fingerprint density at radius 2 is 2.12 bits per heavy atom. The van der Waals surface area contributed by atoms with Crippen LogP contribution in [0, 0.1) is 0 Å². The van der Waals surface area contributed by atoms with Gasteiger partial charge in [0, 0.05) is 38.0 Å².